The molecule has 0 atom stereocenters. The van der Waals surface area contributed by atoms with Crippen LogP contribution in [0.2, 0.25) is 0 Å². The van der Waals surface area contributed by atoms with Crippen molar-refractivity contribution in [2.24, 2.45) is 0 Å². The quantitative estimate of drug-likeness (QED) is 0.910. The second kappa shape index (κ2) is 6.10. The van der Waals surface area contributed by atoms with Crippen LogP contribution >= 0.6 is 0 Å². The molecule has 1 aliphatic heterocycles. The van der Waals surface area contributed by atoms with E-state index in [9.17, 15) is 9.90 Å². The van der Waals surface area contributed by atoms with Gasteiger partial charge in [-0.2, -0.15) is 0 Å². The molecule has 0 radical (unpaired) electrons. The van der Waals surface area contributed by atoms with Crippen molar-refractivity contribution in [1.29, 1.82) is 0 Å². The highest BCUT2D eigenvalue weighted by molar-refractivity contribution is 5.95. The molecule has 1 saturated heterocycles. The number of aromatic nitrogens is 1. The van der Waals surface area contributed by atoms with Crippen LogP contribution in [0.4, 0.5) is 0 Å². The Balaban J connectivity index is 2.02. The molecule has 2 N–H and O–H groups in total. The third-order valence-corrected chi connectivity index (χ3v) is 4.32. The fraction of sp³-hybridized carbons (Fsp3) is 0.471. The summed E-state index contributed by atoms with van der Waals surface area (Å²) in [7, 11) is 0. The van der Waals surface area contributed by atoms with E-state index in [2.05, 4.69) is 34.8 Å². The van der Waals surface area contributed by atoms with Gasteiger partial charge in [0.2, 0.25) is 0 Å². The number of hydrogen-bond acceptors (Lipinski definition) is 3. The molecule has 1 aromatic heterocycles. The molecule has 0 spiro atoms. The summed E-state index contributed by atoms with van der Waals surface area (Å²) >= 11 is 0. The number of aromatic carboxylic acids is 1. The smallest absolute Gasteiger partial charge is 0.335 e. The number of nitrogens with zero attached hydrogens (tertiary/aromatic N) is 2. The van der Waals surface area contributed by atoms with E-state index in [-0.39, 0.29) is 0 Å². The highest BCUT2D eigenvalue weighted by atomic mass is 16.4. The highest BCUT2D eigenvalue weighted by Crippen LogP contribution is 2.27. The normalized spacial score (nSPS) is 16.5. The number of carboxylic acid groups (broad SMARTS) is 1. The van der Waals surface area contributed by atoms with Crippen molar-refractivity contribution in [3.63, 3.8) is 0 Å². The molecule has 118 valence electrons. The van der Waals surface area contributed by atoms with Crippen molar-refractivity contribution >= 4 is 16.9 Å². The standard InChI is InChI=1S/C17H23N3O2/c1-12(2)20-11-14(10-19-7-5-18-6-8-19)15-9-13(17(21)22)3-4-16(15)20/h3-4,9,11-12,18H,5-8,10H2,1-2H3,(H,21,22). The van der Waals surface area contributed by atoms with Gasteiger partial charge in [-0.15, -0.1) is 0 Å². The van der Waals surface area contributed by atoms with Gasteiger partial charge in [-0.05, 0) is 37.6 Å². The van der Waals surface area contributed by atoms with E-state index in [1.54, 1.807) is 6.07 Å². The Hall–Kier alpha value is -1.85. The minimum Gasteiger partial charge on any atom is -0.478 e. The molecule has 5 nitrogen and oxygen atoms in total. The number of fused-ring (bicyclic) bond motifs is 1. The average molecular weight is 301 g/mol. The number of hydrogen-bond donors (Lipinski definition) is 2. The molecule has 0 amide bonds. The lowest BCUT2D eigenvalue weighted by molar-refractivity contribution is 0.0697. The first-order chi connectivity index (χ1) is 10.6. The zero-order valence-electron chi connectivity index (χ0n) is 13.2. The summed E-state index contributed by atoms with van der Waals surface area (Å²) in [6, 6.07) is 5.79. The van der Waals surface area contributed by atoms with Crippen LogP contribution in [0, 0.1) is 0 Å². The van der Waals surface area contributed by atoms with Crippen molar-refractivity contribution in [3.05, 3.63) is 35.5 Å². The van der Waals surface area contributed by atoms with Gasteiger partial charge < -0.3 is 15.0 Å². The average Bonchev–Trinajstić information content (AvgIpc) is 2.86. The Kier molecular flexibility index (Phi) is 4.18. The topological polar surface area (TPSA) is 57.5 Å². The molecule has 0 bridgehead atoms. The number of carboxylic acids is 1. The van der Waals surface area contributed by atoms with Gasteiger partial charge >= 0.3 is 5.97 Å². The maximum Gasteiger partial charge on any atom is 0.335 e. The second-order valence-corrected chi connectivity index (χ2v) is 6.22. The van der Waals surface area contributed by atoms with Gasteiger partial charge in [0, 0.05) is 55.9 Å². The fourth-order valence-corrected chi connectivity index (χ4v) is 3.12. The number of nitrogens with one attached hydrogen (secondary N) is 1. The van der Waals surface area contributed by atoms with Gasteiger partial charge in [-0.25, -0.2) is 4.79 Å². The van der Waals surface area contributed by atoms with E-state index in [0.717, 1.165) is 43.6 Å². The number of carbonyl (C=O) groups is 1. The molecule has 0 unspecified atom stereocenters. The van der Waals surface area contributed by atoms with E-state index in [0.29, 0.717) is 11.6 Å². The number of benzene rings is 1. The molecule has 1 aromatic carbocycles. The lowest BCUT2D eigenvalue weighted by atomic mass is 10.1. The summed E-state index contributed by atoms with van der Waals surface area (Å²) in [5.41, 5.74) is 2.69. The minimum absolute atomic E-state index is 0.356. The van der Waals surface area contributed by atoms with Crippen LogP contribution in [0.5, 0.6) is 0 Å². The largest absolute Gasteiger partial charge is 0.478 e. The Bertz CT molecular complexity index is 685. The predicted octanol–water partition coefficient (Wildman–Crippen LogP) is 2.33. The molecule has 0 aliphatic carbocycles. The first kappa shape index (κ1) is 15.1. The van der Waals surface area contributed by atoms with Gasteiger partial charge in [0.25, 0.3) is 0 Å². The van der Waals surface area contributed by atoms with Crippen molar-refractivity contribution in [3.8, 4) is 0 Å². The number of piperazine rings is 1. The zero-order chi connectivity index (χ0) is 15.7. The van der Waals surface area contributed by atoms with Crippen LogP contribution in [-0.4, -0.2) is 46.7 Å². The van der Waals surface area contributed by atoms with Crippen molar-refractivity contribution in [2.75, 3.05) is 26.2 Å². The summed E-state index contributed by atoms with van der Waals surface area (Å²) < 4.78 is 2.23. The van der Waals surface area contributed by atoms with Crippen LogP contribution in [0.25, 0.3) is 10.9 Å². The van der Waals surface area contributed by atoms with Crippen molar-refractivity contribution in [2.45, 2.75) is 26.4 Å². The molecule has 2 aromatic rings. The molecule has 3 rings (SSSR count). The molecule has 5 heteroatoms. The van der Waals surface area contributed by atoms with E-state index in [4.69, 9.17) is 0 Å². The molecule has 2 heterocycles. The molecular formula is C17H23N3O2. The van der Waals surface area contributed by atoms with Crippen molar-refractivity contribution in [1.82, 2.24) is 14.8 Å². The van der Waals surface area contributed by atoms with Gasteiger partial charge in [0.1, 0.15) is 0 Å². The van der Waals surface area contributed by atoms with Gasteiger partial charge in [0.15, 0.2) is 0 Å². The lowest BCUT2D eigenvalue weighted by Crippen LogP contribution is -2.42. The second-order valence-electron chi connectivity index (χ2n) is 6.22. The van der Waals surface area contributed by atoms with Crippen LogP contribution in [0.15, 0.2) is 24.4 Å². The van der Waals surface area contributed by atoms with Crippen LogP contribution < -0.4 is 5.32 Å². The summed E-state index contributed by atoms with van der Waals surface area (Å²) in [6.07, 6.45) is 2.18. The van der Waals surface area contributed by atoms with E-state index >= 15 is 0 Å². The first-order valence-electron chi connectivity index (χ1n) is 7.86. The summed E-state index contributed by atoms with van der Waals surface area (Å²) in [5, 5.41) is 13.7. The summed E-state index contributed by atoms with van der Waals surface area (Å²) in [4.78, 5) is 13.7. The molecule has 1 fully saturated rings. The molecule has 1 aliphatic rings. The van der Waals surface area contributed by atoms with Crippen molar-refractivity contribution < 1.29 is 9.90 Å². The van der Waals surface area contributed by atoms with E-state index in [1.165, 1.54) is 5.56 Å². The van der Waals surface area contributed by atoms with Crippen LogP contribution in [0.3, 0.4) is 0 Å². The maximum atomic E-state index is 11.3. The SMILES string of the molecule is CC(C)n1cc(CN2CCNCC2)c2cc(C(=O)O)ccc21. The third kappa shape index (κ3) is 2.87. The third-order valence-electron chi connectivity index (χ3n) is 4.32. The maximum absolute atomic E-state index is 11.3. The van der Waals surface area contributed by atoms with E-state index < -0.39 is 5.97 Å². The number of rotatable bonds is 4. The Morgan fingerprint density at radius 1 is 1.32 bits per heavy atom. The van der Waals surface area contributed by atoms with Gasteiger partial charge in [0.05, 0.1) is 5.56 Å². The van der Waals surface area contributed by atoms with Gasteiger partial charge in [-0.1, -0.05) is 0 Å². The zero-order valence-corrected chi connectivity index (χ0v) is 13.2. The van der Waals surface area contributed by atoms with Crippen LogP contribution in [0.1, 0.15) is 35.8 Å². The van der Waals surface area contributed by atoms with E-state index in [1.807, 2.05) is 12.1 Å². The molecule has 22 heavy (non-hydrogen) atoms. The summed E-state index contributed by atoms with van der Waals surface area (Å²) in [5.74, 6) is -0.868. The predicted molar refractivity (Wildman–Crippen MR) is 87.4 cm³/mol. The Morgan fingerprint density at radius 3 is 2.68 bits per heavy atom. The fourth-order valence-electron chi connectivity index (χ4n) is 3.12. The minimum atomic E-state index is -0.868. The first-order valence-corrected chi connectivity index (χ1v) is 7.86. The Labute approximate surface area is 130 Å². The molecule has 0 saturated carbocycles. The summed E-state index contributed by atoms with van der Waals surface area (Å²) in [6.45, 7) is 9.28. The Morgan fingerprint density at radius 2 is 2.05 bits per heavy atom. The monoisotopic (exact) mass is 301 g/mol. The van der Waals surface area contributed by atoms with Crippen LogP contribution in [-0.2, 0) is 6.54 Å². The van der Waals surface area contributed by atoms with Gasteiger partial charge in [-0.3, -0.25) is 4.90 Å². The molecular weight excluding hydrogens is 278 g/mol. The lowest BCUT2D eigenvalue weighted by Gasteiger charge is -2.26. The highest BCUT2D eigenvalue weighted by Gasteiger charge is 2.16.